The summed E-state index contributed by atoms with van der Waals surface area (Å²) in [6, 6.07) is 6.86. The molecule has 0 aromatic heterocycles. The van der Waals surface area contributed by atoms with Crippen LogP contribution in [0, 0.1) is 5.41 Å². The zero-order valence-electron chi connectivity index (χ0n) is 10.1. The number of nitrogens with one attached hydrogen (secondary N) is 1. The molecule has 0 fully saturated rings. The van der Waals surface area contributed by atoms with Gasteiger partial charge < -0.3 is 4.74 Å². The highest BCUT2D eigenvalue weighted by Crippen LogP contribution is 2.12. The van der Waals surface area contributed by atoms with Crippen LogP contribution in [0.25, 0.3) is 0 Å². The monoisotopic (exact) mass is 255 g/mol. The topological polar surface area (TPSA) is 67.2 Å². The van der Waals surface area contributed by atoms with Crippen molar-refractivity contribution in [1.82, 2.24) is 0 Å². The standard InChI is InChI=1S/C12H17NO3S/c1-16-12(13)5-3-4-10-6-8-11(9-7-10)17(2,14)15/h6-9,13H,3-5H2,1-2H3. The molecule has 0 radical (unpaired) electrons. The van der Waals surface area contributed by atoms with Crippen LogP contribution in [0.4, 0.5) is 0 Å². The van der Waals surface area contributed by atoms with Gasteiger partial charge in [0.1, 0.15) is 0 Å². The summed E-state index contributed by atoms with van der Waals surface area (Å²) >= 11 is 0. The van der Waals surface area contributed by atoms with E-state index in [0.717, 1.165) is 18.4 Å². The van der Waals surface area contributed by atoms with E-state index in [1.165, 1.54) is 13.4 Å². The largest absolute Gasteiger partial charge is 0.484 e. The molecule has 0 saturated carbocycles. The van der Waals surface area contributed by atoms with E-state index in [2.05, 4.69) is 0 Å². The van der Waals surface area contributed by atoms with Gasteiger partial charge in [-0.3, -0.25) is 5.41 Å². The molecule has 0 heterocycles. The fraction of sp³-hybridized carbons (Fsp3) is 0.417. The maximum atomic E-state index is 11.2. The Bertz CT molecular complexity index is 477. The molecule has 94 valence electrons. The fourth-order valence-corrected chi connectivity index (χ4v) is 2.09. The van der Waals surface area contributed by atoms with Gasteiger partial charge in [0, 0.05) is 12.7 Å². The molecule has 0 aliphatic rings. The molecule has 0 aliphatic heterocycles. The molecule has 1 rings (SSSR count). The molecule has 4 nitrogen and oxygen atoms in total. The molecule has 5 heteroatoms. The highest BCUT2D eigenvalue weighted by Gasteiger charge is 2.06. The average Bonchev–Trinajstić information content (AvgIpc) is 2.28. The summed E-state index contributed by atoms with van der Waals surface area (Å²) in [6.07, 6.45) is 3.44. The number of aryl methyl sites for hydroxylation is 1. The Hall–Kier alpha value is -1.36. The van der Waals surface area contributed by atoms with Gasteiger partial charge in [-0.25, -0.2) is 8.42 Å². The normalized spacial score (nSPS) is 11.2. The fourth-order valence-electron chi connectivity index (χ4n) is 1.46. The highest BCUT2D eigenvalue weighted by atomic mass is 32.2. The number of rotatable bonds is 5. The lowest BCUT2D eigenvalue weighted by Crippen LogP contribution is -2.00. The Morgan fingerprint density at radius 1 is 1.29 bits per heavy atom. The van der Waals surface area contributed by atoms with Crippen LogP contribution in [0.5, 0.6) is 0 Å². The summed E-state index contributed by atoms with van der Waals surface area (Å²) in [6.45, 7) is 0. The van der Waals surface area contributed by atoms with E-state index < -0.39 is 9.84 Å². The zero-order valence-corrected chi connectivity index (χ0v) is 10.9. The number of methoxy groups -OCH3 is 1. The van der Waals surface area contributed by atoms with Crippen molar-refractivity contribution in [2.75, 3.05) is 13.4 Å². The van der Waals surface area contributed by atoms with Crippen molar-refractivity contribution in [3.8, 4) is 0 Å². The maximum Gasteiger partial charge on any atom is 0.180 e. The number of sulfone groups is 1. The average molecular weight is 255 g/mol. The van der Waals surface area contributed by atoms with E-state index in [4.69, 9.17) is 10.1 Å². The minimum atomic E-state index is -3.11. The van der Waals surface area contributed by atoms with Crippen molar-refractivity contribution in [2.24, 2.45) is 0 Å². The van der Waals surface area contributed by atoms with Crippen LogP contribution in [0.3, 0.4) is 0 Å². The van der Waals surface area contributed by atoms with Crippen LogP contribution in [-0.2, 0) is 21.0 Å². The van der Waals surface area contributed by atoms with Crippen molar-refractivity contribution < 1.29 is 13.2 Å². The van der Waals surface area contributed by atoms with Gasteiger partial charge >= 0.3 is 0 Å². The third kappa shape index (κ3) is 4.56. The Kier molecular flexibility index (Phi) is 4.69. The number of benzene rings is 1. The lowest BCUT2D eigenvalue weighted by Gasteiger charge is -2.04. The van der Waals surface area contributed by atoms with Gasteiger partial charge in [0.05, 0.1) is 12.0 Å². The summed E-state index contributed by atoms with van der Waals surface area (Å²) in [5.41, 5.74) is 1.07. The molecule has 17 heavy (non-hydrogen) atoms. The number of hydrogen-bond acceptors (Lipinski definition) is 4. The Labute approximate surface area is 102 Å². The Morgan fingerprint density at radius 2 is 1.88 bits per heavy atom. The van der Waals surface area contributed by atoms with Gasteiger partial charge in [-0.1, -0.05) is 12.1 Å². The molecule has 0 unspecified atom stereocenters. The number of hydrogen-bond donors (Lipinski definition) is 1. The maximum absolute atomic E-state index is 11.2. The van der Waals surface area contributed by atoms with Gasteiger partial charge in [-0.15, -0.1) is 0 Å². The van der Waals surface area contributed by atoms with Crippen LogP contribution >= 0.6 is 0 Å². The van der Waals surface area contributed by atoms with Gasteiger partial charge in [-0.2, -0.15) is 0 Å². The first kappa shape index (κ1) is 13.7. The SMILES string of the molecule is COC(=N)CCCc1ccc(S(C)(=O)=O)cc1. The second-order valence-corrected chi connectivity index (χ2v) is 5.91. The molecule has 1 aromatic rings. The predicted molar refractivity (Wildman–Crippen MR) is 67.2 cm³/mol. The molecule has 1 aromatic carbocycles. The van der Waals surface area contributed by atoms with E-state index in [-0.39, 0.29) is 5.90 Å². The first-order valence-electron chi connectivity index (χ1n) is 5.34. The molecule has 1 N–H and O–H groups in total. The van der Waals surface area contributed by atoms with Crippen LogP contribution in [0.1, 0.15) is 18.4 Å². The molecule has 0 amide bonds. The highest BCUT2D eigenvalue weighted by molar-refractivity contribution is 7.90. The summed E-state index contributed by atoms with van der Waals surface area (Å²) in [7, 11) is -1.62. The molecule has 0 bridgehead atoms. The van der Waals surface area contributed by atoms with Crippen LogP contribution in [0.15, 0.2) is 29.2 Å². The third-order valence-corrected chi connectivity index (χ3v) is 3.60. The van der Waals surface area contributed by atoms with Crippen molar-refractivity contribution in [3.05, 3.63) is 29.8 Å². The van der Waals surface area contributed by atoms with Gasteiger partial charge in [0.2, 0.25) is 0 Å². The van der Waals surface area contributed by atoms with E-state index in [1.807, 2.05) is 12.1 Å². The molecule has 0 spiro atoms. The predicted octanol–water partition coefficient (Wildman–Crippen LogP) is 2.04. The second-order valence-electron chi connectivity index (χ2n) is 3.90. The van der Waals surface area contributed by atoms with Crippen LogP contribution < -0.4 is 0 Å². The summed E-state index contributed by atoms with van der Waals surface area (Å²) in [4.78, 5) is 0.339. The molecule has 0 aliphatic carbocycles. The smallest absolute Gasteiger partial charge is 0.180 e. The van der Waals surface area contributed by atoms with Gasteiger partial charge in [-0.05, 0) is 30.5 Å². The number of ether oxygens (including phenoxy) is 1. The first-order chi connectivity index (χ1) is 7.93. The summed E-state index contributed by atoms with van der Waals surface area (Å²) < 4.78 is 27.2. The van der Waals surface area contributed by atoms with Crippen molar-refractivity contribution in [1.29, 1.82) is 5.41 Å². The zero-order chi connectivity index (χ0) is 12.9. The summed E-state index contributed by atoms with van der Waals surface area (Å²) in [5, 5.41) is 7.32. The summed E-state index contributed by atoms with van der Waals surface area (Å²) in [5.74, 6) is 0.276. The quantitative estimate of drug-likeness (QED) is 0.646. The van der Waals surface area contributed by atoms with Crippen molar-refractivity contribution in [3.63, 3.8) is 0 Å². The van der Waals surface area contributed by atoms with E-state index in [1.54, 1.807) is 12.1 Å². The van der Waals surface area contributed by atoms with E-state index in [9.17, 15) is 8.42 Å². The minimum absolute atomic E-state index is 0.276. The van der Waals surface area contributed by atoms with Crippen molar-refractivity contribution >= 4 is 15.7 Å². The lowest BCUT2D eigenvalue weighted by atomic mass is 10.1. The lowest BCUT2D eigenvalue weighted by molar-refractivity contribution is 0.384. The minimum Gasteiger partial charge on any atom is -0.484 e. The van der Waals surface area contributed by atoms with Crippen LogP contribution in [0.2, 0.25) is 0 Å². The van der Waals surface area contributed by atoms with Crippen LogP contribution in [-0.4, -0.2) is 27.7 Å². The Morgan fingerprint density at radius 3 is 2.35 bits per heavy atom. The third-order valence-electron chi connectivity index (χ3n) is 2.47. The van der Waals surface area contributed by atoms with Gasteiger partial charge in [0.15, 0.2) is 15.7 Å². The second kappa shape index (κ2) is 5.82. The first-order valence-corrected chi connectivity index (χ1v) is 7.23. The van der Waals surface area contributed by atoms with Crippen molar-refractivity contribution in [2.45, 2.75) is 24.2 Å². The van der Waals surface area contributed by atoms with E-state index in [0.29, 0.717) is 11.3 Å². The molecule has 0 atom stereocenters. The van der Waals surface area contributed by atoms with Gasteiger partial charge in [0.25, 0.3) is 0 Å². The molecule has 0 saturated heterocycles. The molecular weight excluding hydrogens is 238 g/mol. The van der Waals surface area contributed by atoms with E-state index >= 15 is 0 Å². The molecular formula is C12H17NO3S. The Balaban J connectivity index is 2.55.